The molecule has 0 amide bonds. The molecule has 0 heterocycles. The van der Waals surface area contributed by atoms with E-state index >= 15 is 0 Å². The van der Waals surface area contributed by atoms with Crippen LogP contribution < -0.4 is 0 Å². The quantitative estimate of drug-likeness (QED) is 0.861. The second-order valence-corrected chi connectivity index (χ2v) is 7.44. The summed E-state index contributed by atoms with van der Waals surface area (Å²) in [5.74, 6) is -1.29. The van der Waals surface area contributed by atoms with Gasteiger partial charge >= 0.3 is 5.97 Å². The van der Waals surface area contributed by atoms with Gasteiger partial charge in [-0.15, -0.1) is 0 Å². The summed E-state index contributed by atoms with van der Waals surface area (Å²) in [5.41, 5.74) is 0.229. The molecule has 1 aromatic rings. The van der Waals surface area contributed by atoms with E-state index in [0.717, 1.165) is 0 Å². The van der Waals surface area contributed by atoms with E-state index in [0.29, 0.717) is 24.0 Å². The van der Waals surface area contributed by atoms with Crippen molar-refractivity contribution in [1.82, 2.24) is 0 Å². The van der Waals surface area contributed by atoms with Crippen molar-refractivity contribution in [3.8, 4) is 6.07 Å². The standard InChI is InChI=1S/C14H15NO4S/c15-8-11-3-1-2-4-12(11)9-20(18,19)10-14(5-6-14)7-13(16)17/h1-4H,5-7,9-10H2,(H,16,17). The number of aliphatic carboxylic acids is 1. The molecule has 1 aliphatic carbocycles. The molecule has 0 aromatic heterocycles. The fourth-order valence-electron chi connectivity index (χ4n) is 2.38. The summed E-state index contributed by atoms with van der Waals surface area (Å²) in [4.78, 5) is 10.8. The van der Waals surface area contributed by atoms with Crippen LogP contribution in [0.1, 0.15) is 30.4 Å². The highest BCUT2D eigenvalue weighted by atomic mass is 32.2. The van der Waals surface area contributed by atoms with Crippen molar-refractivity contribution in [2.75, 3.05) is 5.75 Å². The number of carboxylic acid groups (broad SMARTS) is 1. The molecule has 1 aromatic carbocycles. The van der Waals surface area contributed by atoms with Gasteiger partial charge in [-0.1, -0.05) is 18.2 Å². The lowest BCUT2D eigenvalue weighted by atomic mass is 10.1. The van der Waals surface area contributed by atoms with Gasteiger partial charge in [0.2, 0.25) is 0 Å². The van der Waals surface area contributed by atoms with E-state index in [-0.39, 0.29) is 17.9 Å². The summed E-state index contributed by atoms with van der Waals surface area (Å²) >= 11 is 0. The summed E-state index contributed by atoms with van der Waals surface area (Å²) in [5, 5.41) is 17.8. The van der Waals surface area contributed by atoms with Gasteiger partial charge in [-0.2, -0.15) is 5.26 Å². The Morgan fingerprint density at radius 2 is 2.00 bits per heavy atom. The fraction of sp³-hybridized carbons (Fsp3) is 0.429. The molecule has 0 unspecified atom stereocenters. The molecule has 0 spiro atoms. The van der Waals surface area contributed by atoms with Gasteiger partial charge in [0, 0.05) is 0 Å². The molecule has 1 saturated carbocycles. The third-order valence-corrected chi connectivity index (χ3v) is 5.33. The first kappa shape index (κ1) is 14.5. The maximum atomic E-state index is 12.2. The molecule has 5 nitrogen and oxygen atoms in total. The van der Waals surface area contributed by atoms with Gasteiger partial charge in [0.25, 0.3) is 0 Å². The van der Waals surface area contributed by atoms with Crippen LogP contribution >= 0.6 is 0 Å². The van der Waals surface area contributed by atoms with Gasteiger partial charge in [-0.25, -0.2) is 8.42 Å². The van der Waals surface area contributed by atoms with Gasteiger partial charge in [-0.3, -0.25) is 4.79 Å². The molecule has 6 heteroatoms. The third kappa shape index (κ3) is 3.58. The van der Waals surface area contributed by atoms with Crippen LogP contribution in [0.3, 0.4) is 0 Å². The SMILES string of the molecule is N#Cc1ccccc1CS(=O)(=O)CC1(CC(=O)O)CC1. The lowest BCUT2D eigenvalue weighted by molar-refractivity contribution is -0.138. The monoisotopic (exact) mass is 293 g/mol. The lowest BCUT2D eigenvalue weighted by Crippen LogP contribution is -2.21. The van der Waals surface area contributed by atoms with Gasteiger partial charge < -0.3 is 5.11 Å². The van der Waals surface area contributed by atoms with E-state index in [9.17, 15) is 13.2 Å². The van der Waals surface area contributed by atoms with E-state index < -0.39 is 21.2 Å². The van der Waals surface area contributed by atoms with Gasteiger partial charge in [0.1, 0.15) is 0 Å². The Morgan fingerprint density at radius 3 is 2.55 bits per heavy atom. The maximum Gasteiger partial charge on any atom is 0.303 e. The average molecular weight is 293 g/mol. The first-order valence-corrected chi connectivity index (χ1v) is 8.08. The summed E-state index contributed by atoms with van der Waals surface area (Å²) < 4.78 is 24.4. The number of benzene rings is 1. The third-order valence-electron chi connectivity index (χ3n) is 3.52. The molecule has 2 rings (SSSR count). The normalized spacial score (nSPS) is 16.4. The van der Waals surface area contributed by atoms with Crippen molar-refractivity contribution in [2.45, 2.75) is 25.0 Å². The summed E-state index contributed by atoms with van der Waals surface area (Å²) in [6, 6.07) is 8.54. The van der Waals surface area contributed by atoms with Crippen LogP contribution in [0.25, 0.3) is 0 Å². The Labute approximate surface area is 117 Å². The minimum Gasteiger partial charge on any atom is -0.481 e. The number of nitrogens with zero attached hydrogens (tertiary/aromatic N) is 1. The number of sulfone groups is 1. The van der Waals surface area contributed by atoms with Gasteiger partial charge in [0.05, 0.1) is 29.6 Å². The summed E-state index contributed by atoms with van der Waals surface area (Å²) in [7, 11) is -3.42. The average Bonchev–Trinajstić information content (AvgIpc) is 3.06. The summed E-state index contributed by atoms with van der Waals surface area (Å²) in [6.07, 6.45) is 1.17. The molecule has 0 saturated heterocycles. The van der Waals surface area contributed by atoms with Gasteiger partial charge in [0.15, 0.2) is 9.84 Å². The Balaban J connectivity index is 2.13. The number of hydrogen-bond donors (Lipinski definition) is 1. The van der Waals surface area contributed by atoms with Crippen molar-refractivity contribution >= 4 is 15.8 Å². The van der Waals surface area contributed by atoms with Crippen molar-refractivity contribution in [3.63, 3.8) is 0 Å². The molecular weight excluding hydrogens is 278 g/mol. The minimum absolute atomic E-state index is 0.105. The lowest BCUT2D eigenvalue weighted by Gasteiger charge is -2.13. The molecule has 1 fully saturated rings. The van der Waals surface area contributed by atoms with Crippen LogP contribution in [-0.2, 0) is 20.4 Å². The highest BCUT2D eigenvalue weighted by Gasteiger charge is 2.47. The zero-order valence-corrected chi connectivity index (χ0v) is 11.7. The van der Waals surface area contributed by atoms with E-state index in [1.807, 2.05) is 6.07 Å². The second kappa shape index (κ2) is 5.25. The molecule has 0 bridgehead atoms. The highest BCUT2D eigenvalue weighted by Crippen LogP contribution is 2.50. The topological polar surface area (TPSA) is 95.2 Å². The molecule has 0 aliphatic heterocycles. The van der Waals surface area contributed by atoms with Crippen molar-refractivity contribution in [1.29, 1.82) is 5.26 Å². The Hall–Kier alpha value is -1.87. The van der Waals surface area contributed by atoms with Crippen LogP contribution in [0.5, 0.6) is 0 Å². The van der Waals surface area contributed by atoms with E-state index in [1.54, 1.807) is 24.3 Å². The van der Waals surface area contributed by atoms with Crippen LogP contribution in [0.15, 0.2) is 24.3 Å². The zero-order chi connectivity index (χ0) is 14.8. The van der Waals surface area contributed by atoms with Gasteiger partial charge in [-0.05, 0) is 29.9 Å². The van der Waals surface area contributed by atoms with E-state index in [4.69, 9.17) is 10.4 Å². The number of rotatable bonds is 6. The van der Waals surface area contributed by atoms with Crippen LogP contribution in [0, 0.1) is 16.7 Å². The molecule has 0 radical (unpaired) electrons. The first-order chi connectivity index (χ1) is 9.36. The molecule has 1 N–H and O–H groups in total. The van der Waals surface area contributed by atoms with Crippen molar-refractivity contribution < 1.29 is 18.3 Å². The largest absolute Gasteiger partial charge is 0.481 e. The Morgan fingerprint density at radius 1 is 1.35 bits per heavy atom. The van der Waals surface area contributed by atoms with E-state index in [2.05, 4.69) is 0 Å². The number of carboxylic acids is 1. The predicted molar refractivity (Wildman–Crippen MR) is 72.6 cm³/mol. The highest BCUT2D eigenvalue weighted by molar-refractivity contribution is 7.90. The van der Waals surface area contributed by atoms with E-state index in [1.165, 1.54) is 0 Å². The van der Waals surface area contributed by atoms with Crippen molar-refractivity contribution in [2.24, 2.45) is 5.41 Å². The molecule has 20 heavy (non-hydrogen) atoms. The summed E-state index contributed by atoms with van der Waals surface area (Å²) in [6.45, 7) is 0. The van der Waals surface area contributed by atoms with Crippen LogP contribution in [0.4, 0.5) is 0 Å². The maximum absolute atomic E-state index is 12.2. The van der Waals surface area contributed by atoms with Crippen molar-refractivity contribution in [3.05, 3.63) is 35.4 Å². The fourth-order valence-corrected chi connectivity index (χ4v) is 4.53. The Kier molecular flexibility index (Phi) is 3.82. The molecular formula is C14H15NO4S. The first-order valence-electron chi connectivity index (χ1n) is 6.26. The molecule has 1 aliphatic rings. The second-order valence-electron chi connectivity index (χ2n) is 5.37. The smallest absolute Gasteiger partial charge is 0.303 e. The number of hydrogen-bond acceptors (Lipinski definition) is 4. The molecule has 0 atom stereocenters. The predicted octanol–water partition coefficient (Wildman–Crippen LogP) is 1.73. The minimum atomic E-state index is -3.42. The number of nitriles is 1. The molecule has 106 valence electrons. The van der Waals surface area contributed by atoms with Crippen LogP contribution in [0.2, 0.25) is 0 Å². The number of carbonyl (C=O) groups is 1. The van der Waals surface area contributed by atoms with Crippen LogP contribution in [-0.4, -0.2) is 25.2 Å². The zero-order valence-electron chi connectivity index (χ0n) is 10.9. The Bertz CT molecular complexity index is 669.